The minimum atomic E-state index is -3.96. The van der Waals surface area contributed by atoms with Crippen LogP contribution in [0.1, 0.15) is 18.9 Å². The van der Waals surface area contributed by atoms with Gasteiger partial charge in [0.15, 0.2) is 42.6 Å². The third-order valence-electron chi connectivity index (χ3n) is 7.05. The predicted octanol–water partition coefficient (Wildman–Crippen LogP) is -0.825. The molecule has 0 radical (unpaired) electrons. The molecule has 0 amide bonds. The van der Waals surface area contributed by atoms with E-state index >= 15 is 0 Å². The third kappa shape index (κ3) is 6.17. The van der Waals surface area contributed by atoms with Crippen LogP contribution in [0.2, 0.25) is 0 Å². The zero-order valence-corrected chi connectivity index (χ0v) is 26.0. The number of nitrogens with two attached hydrogens (primary N) is 3. The average molecular weight is 691 g/mol. The number of H-pyrrole nitrogens is 1. The largest absolute Gasteiger partial charge is 0.388 e. The molecule has 4 aromatic heterocycles. The lowest BCUT2D eigenvalue weighted by Gasteiger charge is -2.25. The maximum absolute atomic E-state index is 13.5. The number of imidazole rings is 2. The fraction of sp³-hybridized carbons (Fsp3) is 0.500. The Balaban J connectivity index is 1.15. The lowest BCUT2D eigenvalue weighted by Crippen LogP contribution is -2.44. The van der Waals surface area contributed by atoms with E-state index in [2.05, 4.69) is 59.5 Å². The van der Waals surface area contributed by atoms with Crippen LogP contribution >= 0.6 is 38.7 Å². The molecule has 6 rings (SSSR count). The third-order valence-corrected chi connectivity index (χ3v) is 9.62. The Morgan fingerprint density at radius 2 is 1.84 bits per heavy atom. The van der Waals surface area contributed by atoms with Crippen LogP contribution in [0, 0.1) is 0 Å². The Bertz CT molecular complexity index is 1780. The van der Waals surface area contributed by atoms with Gasteiger partial charge in [0.25, 0.3) is 5.56 Å². The highest BCUT2D eigenvalue weighted by atomic mass is 32.7. The summed E-state index contributed by atoms with van der Waals surface area (Å²) >= 11 is 8.26. The zero-order valence-electron chi connectivity index (χ0n) is 22.4. The first-order valence-electron chi connectivity index (χ1n) is 12.9. The minimum Gasteiger partial charge on any atom is -0.388 e. The SMILES string of the molecule is Nc1nc2c(ncn2[C@@H]2O[C@H](CO[P@](N)S)[C@@H](N[P@@](=O)(S)OC[C@@H]3C[C@@H](O)[C@H](n4cnc5c(N)ncnc54)O3)[C@H]2O)c(=O)[nH]1. The second kappa shape index (κ2) is 12.4. The lowest BCUT2D eigenvalue weighted by atomic mass is 10.1. The van der Waals surface area contributed by atoms with Crippen molar-refractivity contribution in [1.29, 1.82) is 0 Å². The Labute approximate surface area is 258 Å². The average Bonchev–Trinajstić information content (AvgIpc) is 3.72. The molecule has 2 fully saturated rings. The van der Waals surface area contributed by atoms with Crippen molar-refractivity contribution in [2.24, 2.45) is 5.50 Å². The fourth-order valence-corrected chi connectivity index (χ4v) is 7.35. The molecule has 2 aliphatic rings. The monoisotopic (exact) mass is 690 g/mol. The summed E-state index contributed by atoms with van der Waals surface area (Å²) in [6.45, 7) is -4.34. The predicted molar refractivity (Wildman–Crippen MR) is 162 cm³/mol. The van der Waals surface area contributed by atoms with Gasteiger partial charge in [-0.2, -0.15) is 4.98 Å². The number of nitrogens with zero attached hydrogens (tertiary/aromatic N) is 7. The van der Waals surface area contributed by atoms with Gasteiger partial charge >= 0.3 is 6.72 Å². The molecule has 9 atom stereocenters. The van der Waals surface area contributed by atoms with Crippen molar-refractivity contribution in [3.05, 3.63) is 29.3 Å². The number of ether oxygens (including phenoxy) is 2. The van der Waals surface area contributed by atoms with Crippen molar-refractivity contribution in [1.82, 2.24) is 44.1 Å². The van der Waals surface area contributed by atoms with Crippen LogP contribution in [-0.4, -0.2) is 92.9 Å². The molecule has 0 bridgehead atoms. The number of hydrogen-bond donors (Lipinski definition) is 9. The van der Waals surface area contributed by atoms with Gasteiger partial charge in [0.1, 0.15) is 30.2 Å². The molecule has 0 aliphatic carbocycles. The van der Waals surface area contributed by atoms with Crippen LogP contribution in [0.3, 0.4) is 0 Å². The van der Waals surface area contributed by atoms with Crippen molar-refractivity contribution in [2.45, 2.75) is 49.3 Å². The van der Waals surface area contributed by atoms with Crippen molar-refractivity contribution < 1.29 is 33.3 Å². The van der Waals surface area contributed by atoms with Crippen molar-refractivity contribution in [3.8, 4) is 0 Å². The summed E-state index contributed by atoms with van der Waals surface area (Å²) in [6.07, 6.45) is -1.92. The summed E-state index contributed by atoms with van der Waals surface area (Å²) in [5.74, 6) is 0.0171. The molecule has 2 saturated heterocycles. The van der Waals surface area contributed by atoms with Crippen molar-refractivity contribution in [2.75, 3.05) is 24.7 Å². The number of aromatic amines is 1. The molecular formula is C20H28N12O8P2S2. The molecule has 10 N–H and O–H groups in total. The van der Waals surface area contributed by atoms with Crippen LogP contribution in [0.5, 0.6) is 0 Å². The van der Waals surface area contributed by atoms with Crippen molar-refractivity contribution in [3.63, 3.8) is 0 Å². The van der Waals surface area contributed by atoms with Gasteiger partial charge in [0, 0.05) is 6.42 Å². The van der Waals surface area contributed by atoms with Gasteiger partial charge in [-0.1, -0.05) is 12.2 Å². The Morgan fingerprint density at radius 1 is 1.11 bits per heavy atom. The zero-order chi connectivity index (χ0) is 31.3. The molecule has 238 valence electrons. The molecule has 0 spiro atoms. The summed E-state index contributed by atoms with van der Waals surface area (Å²) in [5.41, 5.74) is 17.4. The number of fused-ring (bicyclic) bond motifs is 2. The van der Waals surface area contributed by atoms with Gasteiger partial charge in [-0.3, -0.25) is 29.0 Å². The number of rotatable bonds is 10. The van der Waals surface area contributed by atoms with Crippen molar-refractivity contribution >= 4 is 72.8 Å². The second-order valence-electron chi connectivity index (χ2n) is 9.93. The quantitative estimate of drug-likeness (QED) is 0.0725. The molecular weight excluding hydrogens is 662 g/mol. The normalized spacial score (nSPS) is 29.4. The highest BCUT2D eigenvalue weighted by Gasteiger charge is 2.48. The highest BCUT2D eigenvalue weighted by molar-refractivity contribution is 8.45. The molecule has 0 unspecified atom stereocenters. The standard InChI is InChI=1S/C20H28N12O8P2S2/c21-14-11-15(25-4-24-14)31(5-26-11)18-8(33)1-7(39-18)2-38-42(36,44)30-10-9(3-37-41(23)43)40-19(13(10)34)32-6-27-12-16(32)28-20(22)29-17(12)35/h4-10,13,18-19,33-34,43H,1-3,23H2,(H2,21,24,25)(H2,30,36,44)(H3,22,28,29,35)/t7-,8+,9+,10+,13+,18+,19+,41-,42-/m0/s1. The number of nitrogen functional groups attached to an aromatic ring is 2. The van der Waals surface area contributed by atoms with E-state index in [-0.39, 0.29) is 42.6 Å². The highest BCUT2D eigenvalue weighted by Crippen LogP contribution is 2.51. The van der Waals surface area contributed by atoms with E-state index in [1.165, 1.54) is 28.1 Å². The molecule has 24 heteroatoms. The Hall–Kier alpha value is -2.46. The first-order chi connectivity index (χ1) is 20.9. The number of hydrogen-bond acceptors (Lipinski definition) is 17. The van der Waals surface area contributed by atoms with Gasteiger partial charge in [-0.25, -0.2) is 25.0 Å². The summed E-state index contributed by atoms with van der Waals surface area (Å²) < 4.78 is 39.4. The number of anilines is 2. The fourth-order valence-electron chi connectivity index (χ4n) is 5.11. The maximum atomic E-state index is 13.5. The molecule has 2 aliphatic heterocycles. The smallest absolute Gasteiger partial charge is 0.324 e. The number of aliphatic hydroxyl groups excluding tert-OH is 2. The summed E-state index contributed by atoms with van der Waals surface area (Å²) in [5, 5.41) is 24.7. The van der Waals surface area contributed by atoms with E-state index < -0.39 is 62.7 Å². The summed E-state index contributed by atoms with van der Waals surface area (Å²) in [4.78, 5) is 35.0. The van der Waals surface area contributed by atoms with E-state index in [1.807, 2.05) is 0 Å². The second-order valence-corrected chi connectivity index (χ2v) is 15.1. The van der Waals surface area contributed by atoms with Crippen LogP contribution in [-0.2, 0) is 23.1 Å². The van der Waals surface area contributed by atoms with E-state index in [9.17, 15) is 19.6 Å². The number of nitrogens with one attached hydrogen (secondary N) is 2. The van der Waals surface area contributed by atoms with Crippen LogP contribution < -0.4 is 27.6 Å². The molecule has 4 aromatic rings. The van der Waals surface area contributed by atoms with Gasteiger partial charge in [0.05, 0.1) is 38.0 Å². The van der Waals surface area contributed by atoms with Crippen LogP contribution in [0.25, 0.3) is 22.3 Å². The molecule has 6 heterocycles. The topological polar surface area (TPSA) is 292 Å². The molecule has 0 aromatic carbocycles. The van der Waals surface area contributed by atoms with Gasteiger partial charge in [-0.05, 0) is 0 Å². The number of aromatic nitrogens is 8. The van der Waals surface area contributed by atoms with E-state index in [1.54, 1.807) is 0 Å². The molecule has 44 heavy (non-hydrogen) atoms. The molecule has 20 nitrogen and oxygen atoms in total. The first kappa shape index (κ1) is 31.5. The van der Waals surface area contributed by atoms with Crippen LogP contribution in [0.15, 0.2) is 23.8 Å². The lowest BCUT2D eigenvalue weighted by molar-refractivity contribution is -0.0456. The summed E-state index contributed by atoms with van der Waals surface area (Å²) in [7, 11) is -1.60. The number of aliphatic hydroxyl groups is 2. The maximum Gasteiger partial charge on any atom is 0.324 e. The minimum absolute atomic E-state index is 0.0279. The Kier molecular flexibility index (Phi) is 8.87. The van der Waals surface area contributed by atoms with E-state index in [4.69, 9.17) is 35.5 Å². The van der Waals surface area contributed by atoms with E-state index in [0.717, 1.165) is 0 Å². The molecule has 0 saturated carbocycles. The van der Waals surface area contributed by atoms with Gasteiger partial charge in [-0.15, -0.1) is 12.2 Å². The van der Waals surface area contributed by atoms with E-state index in [0.29, 0.717) is 11.2 Å². The number of thiol groups is 2. The Morgan fingerprint density at radius 3 is 2.59 bits per heavy atom. The van der Waals surface area contributed by atoms with Gasteiger partial charge in [0.2, 0.25) is 5.95 Å². The van der Waals surface area contributed by atoms with Gasteiger partial charge < -0.3 is 40.2 Å². The summed E-state index contributed by atoms with van der Waals surface area (Å²) in [6, 6.07) is -1.08. The van der Waals surface area contributed by atoms with Crippen LogP contribution in [0.4, 0.5) is 11.8 Å². The first-order valence-corrected chi connectivity index (χ1v) is 18.1.